The van der Waals surface area contributed by atoms with Crippen LogP contribution in [0.5, 0.6) is 5.75 Å². The van der Waals surface area contributed by atoms with Crippen molar-refractivity contribution in [2.24, 2.45) is 0 Å². The molecule has 0 saturated heterocycles. The molecule has 0 fully saturated rings. The van der Waals surface area contributed by atoms with Gasteiger partial charge in [-0.05, 0) is 17.5 Å². The van der Waals surface area contributed by atoms with Gasteiger partial charge in [-0.25, -0.2) is 14.4 Å². The molecular weight excluding hydrogens is 417 g/mol. The van der Waals surface area contributed by atoms with Gasteiger partial charge in [0.1, 0.15) is 11.4 Å². The van der Waals surface area contributed by atoms with Crippen LogP contribution in [-0.2, 0) is 6.54 Å². The van der Waals surface area contributed by atoms with Gasteiger partial charge in [0.25, 0.3) is 0 Å². The highest BCUT2D eigenvalue weighted by Crippen LogP contribution is 2.41. The van der Waals surface area contributed by atoms with E-state index in [4.69, 9.17) is 0 Å². The molecule has 5 aromatic rings. The van der Waals surface area contributed by atoms with E-state index in [9.17, 15) is 9.50 Å². The van der Waals surface area contributed by atoms with Crippen molar-refractivity contribution in [2.45, 2.75) is 6.54 Å². The molecule has 0 aliphatic heterocycles. The maximum absolute atomic E-state index is 14.6. The predicted octanol–water partition coefficient (Wildman–Crippen LogP) is 3.97. The van der Waals surface area contributed by atoms with Crippen LogP contribution < -0.4 is 5.32 Å². The molecule has 4 heterocycles. The molecule has 0 radical (unpaired) electrons. The SMILES string of the molecule is Oc1cnccc1-c1cccc2cc(-c3nc(NCCn4ccnn4)ncc3F)sc12. The molecule has 0 saturated carbocycles. The minimum atomic E-state index is -0.498. The third kappa shape index (κ3) is 3.80. The van der Waals surface area contributed by atoms with Crippen molar-refractivity contribution in [1.29, 1.82) is 0 Å². The van der Waals surface area contributed by atoms with Gasteiger partial charge in [-0.1, -0.05) is 23.4 Å². The average molecular weight is 433 g/mol. The first kappa shape index (κ1) is 19.1. The number of nitrogens with one attached hydrogen (secondary N) is 1. The number of aromatic hydroxyl groups is 1. The number of fused-ring (bicyclic) bond motifs is 1. The second kappa shape index (κ2) is 8.07. The summed E-state index contributed by atoms with van der Waals surface area (Å²) in [6.07, 6.45) is 7.57. The van der Waals surface area contributed by atoms with Gasteiger partial charge in [0.2, 0.25) is 5.95 Å². The zero-order valence-corrected chi connectivity index (χ0v) is 16.9. The number of rotatable bonds is 6. The largest absolute Gasteiger partial charge is 0.506 e. The molecule has 0 amide bonds. The highest BCUT2D eigenvalue weighted by atomic mass is 32.1. The summed E-state index contributed by atoms with van der Waals surface area (Å²) in [5, 5.41) is 21.9. The number of pyridine rings is 1. The number of nitrogens with zero attached hydrogens (tertiary/aromatic N) is 6. The Balaban J connectivity index is 1.48. The Morgan fingerprint density at radius 3 is 2.90 bits per heavy atom. The quantitative estimate of drug-likeness (QED) is 0.418. The Bertz CT molecular complexity index is 1350. The maximum Gasteiger partial charge on any atom is 0.223 e. The zero-order valence-electron chi connectivity index (χ0n) is 16.1. The first-order chi connectivity index (χ1) is 15.2. The minimum absolute atomic E-state index is 0.0945. The Kier molecular flexibility index (Phi) is 4.97. The van der Waals surface area contributed by atoms with Crippen LogP contribution >= 0.6 is 11.3 Å². The van der Waals surface area contributed by atoms with Crippen LogP contribution in [0.25, 0.3) is 31.8 Å². The zero-order chi connectivity index (χ0) is 21.2. The smallest absolute Gasteiger partial charge is 0.223 e. The molecule has 5 rings (SSSR count). The molecule has 0 unspecified atom stereocenters. The molecule has 0 bridgehead atoms. The van der Waals surface area contributed by atoms with Crippen molar-refractivity contribution in [2.75, 3.05) is 11.9 Å². The fourth-order valence-electron chi connectivity index (χ4n) is 3.27. The van der Waals surface area contributed by atoms with Crippen molar-refractivity contribution in [1.82, 2.24) is 29.9 Å². The van der Waals surface area contributed by atoms with E-state index < -0.39 is 5.82 Å². The van der Waals surface area contributed by atoms with Crippen molar-refractivity contribution in [3.8, 4) is 27.4 Å². The van der Waals surface area contributed by atoms with Gasteiger partial charge in [-0.15, -0.1) is 16.4 Å². The van der Waals surface area contributed by atoms with E-state index in [0.29, 0.717) is 29.5 Å². The molecule has 1 aromatic carbocycles. The van der Waals surface area contributed by atoms with Crippen LogP contribution in [-0.4, -0.2) is 41.6 Å². The Morgan fingerprint density at radius 2 is 2.06 bits per heavy atom. The molecule has 8 nitrogen and oxygen atoms in total. The summed E-state index contributed by atoms with van der Waals surface area (Å²) in [7, 11) is 0. The molecule has 2 N–H and O–H groups in total. The van der Waals surface area contributed by atoms with Gasteiger partial charge in [-0.2, -0.15) is 0 Å². The molecule has 31 heavy (non-hydrogen) atoms. The van der Waals surface area contributed by atoms with E-state index in [2.05, 4.69) is 30.6 Å². The lowest BCUT2D eigenvalue weighted by atomic mass is 10.0. The van der Waals surface area contributed by atoms with Gasteiger partial charge in [-0.3, -0.25) is 9.67 Å². The number of halogens is 1. The summed E-state index contributed by atoms with van der Waals surface area (Å²) in [6, 6.07) is 9.43. The lowest BCUT2D eigenvalue weighted by molar-refractivity contribution is 0.475. The second-order valence-electron chi connectivity index (χ2n) is 6.71. The number of aromatic nitrogens is 6. The summed E-state index contributed by atoms with van der Waals surface area (Å²) in [4.78, 5) is 13.0. The van der Waals surface area contributed by atoms with Gasteiger partial charge >= 0.3 is 0 Å². The average Bonchev–Trinajstić information content (AvgIpc) is 3.45. The monoisotopic (exact) mass is 433 g/mol. The molecule has 154 valence electrons. The maximum atomic E-state index is 14.6. The standard InChI is InChI=1S/C21H16FN7OS/c22-16-11-25-21(24-6-8-29-9-7-26-28-29)27-19(16)18-10-13-2-1-3-15(20(13)31-18)14-4-5-23-12-17(14)30/h1-5,7,9-12,30H,6,8H2,(H,24,25,27). The number of benzene rings is 1. The second-order valence-corrected chi connectivity index (χ2v) is 7.76. The Labute approximate surface area is 180 Å². The summed E-state index contributed by atoms with van der Waals surface area (Å²) >= 11 is 1.41. The topological polar surface area (TPSA) is 102 Å². The van der Waals surface area contributed by atoms with Crippen molar-refractivity contribution in [3.05, 3.63) is 67.1 Å². The number of anilines is 1. The molecule has 4 aromatic heterocycles. The van der Waals surface area contributed by atoms with E-state index in [1.807, 2.05) is 24.3 Å². The van der Waals surface area contributed by atoms with Crippen LogP contribution in [0.4, 0.5) is 10.3 Å². The van der Waals surface area contributed by atoms with E-state index in [-0.39, 0.29) is 11.4 Å². The van der Waals surface area contributed by atoms with E-state index in [0.717, 1.165) is 15.6 Å². The molecule has 0 spiro atoms. The van der Waals surface area contributed by atoms with Gasteiger partial charge < -0.3 is 10.4 Å². The first-order valence-electron chi connectivity index (χ1n) is 9.46. The van der Waals surface area contributed by atoms with E-state index >= 15 is 0 Å². The normalized spacial score (nSPS) is 11.1. The molecular formula is C21H16FN7OS. The van der Waals surface area contributed by atoms with Crippen molar-refractivity contribution in [3.63, 3.8) is 0 Å². The van der Waals surface area contributed by atoms with Crippen LogP contribution in [0.15, 0.2) is 61.3 Å². The van der Waals surface area contributed by atoms with Crippen LogP contribution in [0, 0.1) is 5.82 Å². The number of hydrogen-bond donors (Lipinski definition) is 2. The Hall–Kier alpha value is -3.92. The fourth-order valence-corrected chi connectivity index (χ4v) is 4.44. The van der Waals surface area contributed by atoms with Gasteiger partial charge in [0.15, 0.2) is 5.82 Å². The summed E-state index contributed by atoms with van der Waals surface area (Å²) < 4.78 is 17.2. The van der Waals surface area contributed by atoms with Gasteiger partial charge in [0.05, 0.1) is 30.0 Å². The van der Waals surface area contributed by atoms with Crippen molar-refractivity contribution < 1.29 is 9.50 Å². The van der Waals surface area contributed by atoms with E-state index in [1.54, 1.807) is 29.3 Å². The molecule has 0 aliphatic carbocycles. The molecule has 0 aliphatic rings. The summed E-state index contributed by atoms with van der Waals surface area (Å²) in [5.41, 5.74) is 1.76. The number of hydrogen-bond acceptors (Lipinski definition) is 8. The van der Waals surface area contributed by atoms with Crippen LogP contribution in [0.1, 0.15) is 0 Å². The molecule has 0 atom stereocenters. The minimum Gasteiger partial charge on any atom is -0.506 e. The lowest BCUT2D eigenvalue weighted by Crippen LogP contribution is -2.13. The Morgan fingerprint density at radius 1 is 1.13 bits per heavy atom. The van der Waals surface area contributed by atoms with Crippen LogP contribution in [0.2, 0.25) is 0 Å². The highest BCUT2D eigenvalue weighted by molar-refractivity contribution is 7.22. The predicted molar refractivity (Wildman–Crippen MR) is 116 cm³/mol. The van der Waals surface area contributed by atoms with Gasteiger partial charge in [0, 0.05) is 34.8 Å². The first-order valence-corrected chi connectivity index (χ1v) is 10.3. The van der Waals surface area contributed by atoms with E-state index in [1.165, 1.54) is 23.7 Å². The summed E-state index contributed by atoms with van der Waals surface area (Å²) in [6.45, 7) is 1.10. The van der Waals surface area contributed by atoms with Crippen LogP contribution in [0.3, 0.4) is 0 Å². The van der Waals surface area contributed by atoms with Crippen molar-refractivity contribution >= 4 is 27.4 Å². The molecule has 10 heteroatoms. The number of thiophene rings is 1. The third-order valence-electron chi connectivity index (χ3n) is 4.71. The summed E-state index contributed by atoms with van der Waals surface area (Å²) in [5.74, 6) is -0.0697. The lowest BCUT2D eigenvalue weighted by Gasteiger charge is -2.06. The highest BCUT2D eigenvalue weighted by Gasteiger charge is 2.16. The third-order valence-corrected chi connectivity index (χ3v) is 5.90. The fraction of sp³-hybridized carbons (Fsp3) is 0.0952.